The standard InChI is InChI=1S/C13H18N2O5S/c1-7-13(10(4)20-14-7)8(2)15-21(17,18)12-5-11(6-16)19-9(12)3/h5,8,15-16H,6H2,1-4H3. The van der Waals surface area contributed by atoms with Crippen molar-refractivity contribution in [1.82, 2.24) is 9.88 Å². The van der Waals surface area contributed by atoms with Crippen molar-refractivity contribution >= 4 is 10.0 Å². The van der Waals surface area contributed by atoms with E-state index in [4.69, 9.17) is 14.0 Å². The van der Waals surface area contributed by atoms with Gasteiger partial charge in [0, 0.05) is 17.7 Å². The quantitative estimate of drug-likeness (QED) is 0.870. The molecule has 0 spiro atoms. The number of aliphatic hydroxyl groups is 1. The lowest BCUT2D eigenvalue weighted by molar-refractivity contribution is 0.244. The number of hydrogen-bond acceptors (Lipinski definition) is 6. The number of rotatable bonds is 5. The third-order valence-corrected chi connectivity index (χ3v) is 4.87. The monoisotopic (exact) mass is 314 g/mol. The summed E-state index contributed by atoms with van der Waals surface area (Å²) in [6.07, 6.45) is 0. The van der Waals surface area contributed by atoms with E-state index in [1.54, 1.807) is 20.8 Å². The Hall–Kier alpha value is -1.64. The van der Waals surface area contributed by atoms with Gasteiger partial charge in [0.2, 0.25) is 10.0 Å². The highest BCUT2D eigenvalue weighted by Crippen LogP contribution is 2.25. The van der Waals surface area contributed by atoms with Crippen LogP contribution in [0.4, 0.5) is 0 Å². The number of aromatic nitrogens is 1. The normalized spacial score (nSPS) is 13.6. The molecule has 0 saturated carbocycles. The molecule has 0 aliphatic carbocycles. The molecule has 0 amide bonds. The number of hydrogen-bond donors (Lipinski definition) is 2. The lowest BCUT2D eigenvalue weighted by Crippen LogP contribution is -2.27. The molecular weight excluding hydrogens is 296 g/mol. The van der Waals surface area contributed by atoms with Crippen LogP contribution < -0.4 is 4.72 Å². The molecular formula is C13H18N2O5S. The summed E-state index contributed by atoms with van der Waals surface area (Å²) in [5.41, 5.74) is 1.35. The van der Waals surface area contributed by atoms with Crippen LogP contribution in [0.5, 0.6) is 0 Å². The van der Waals surface area contributed by atoms with Gasteiger partial charge in [0.1, 0.15) is 28.8 Å². The van der Waals surface area contributed by atoms with Gasteiger partial charge in [-0.1, -0.05) is 5.16 Å². The number of furan rings is 1. The maximum atomic E-state index is 12.4. The lowest BCUT2D eigenvalue weighted by atomic mass is 10.1. The number of nitrogens with one attached hydrogen (secondary N) is 1. The van der Waals surface area contributed by atoms with Crippen molar-refractivity contribution in [3.8, 4) is 0 Å². The summed E-state index contributed by atoms with van der Waals surface area (Å²) in [6.45, 7) is 6.38. The zero-order valence-corrected chi connectivity index (χ0v) is 13.1. The van der Waals surface area contributed by atoms with Crippen LogP contribution in [0.2, 0.25) is 0 Å². The number of aliphatic hydroxyl groups excluding tert-OH is 1. The van der Waals surface area contributed by atoms with E-state index in [0.717, 1.165) is 0 Å². The largest absolute Gasteiger partial charge is 0.462 e. The highest BCUT2D eigenvalue weighted by atomic mass is 32.2. The summed E-state index contributed by atoms with van der Waals surface area (Å²) in [6, 6.07) is 0.825. The average molecular weight is 314 g/mol. The highest BCUT2D eigenvalue weighted by molar-refractivity contribution is 7.89. The summed E-state index contributed by atoms with van der Waals surface area (Å²) >= 11 is 0. The van der Waals surface area contributed by atoms with Gasteiger partial charge < -0.3 is 14.0 Å². The second kappa shape index (κ2) is 5.63. The molecule has 7 nitrogen and oxygen atoms in total. The Morgan fingerprint density at radius 1 is 1.33 bits per heavy atom. The highest BCUT2D eigenvalue weighted by Gasteiger charge is 2.26. The second-order valence-electron chi connectivity index (χ2n) is 4.87. The van der Waals surface area contributed by atoms with Crippen LogP contribution in [0.3, 0.4) is 0 Å². The smallest absolute Gasteiger partial charge is 0.244 e. The number of nitrogens with zero attached hydrogens (tertiary/aromatic N) is 1. The predicted molar refractivity (Wildman–Crippen MR) is 74.1 cm³/mol. The zero-order valence-electron chi connectivity index (χ0n) is 12.3. The molecule has 0 saturated heterocycles. The molecule has 2 aromatic heterocycles. The zero-order chi connectivity index (χ0) is 15.8. The lowest BCUT2D eigenvalue weighted by Gasteiger charge is -2.13. The predicted octanol–water partition coefficient (Wildman–Crippen LogP) is 1.72. The topological polar surface area (TPSA) is 106 Å². The SMILES string of the molecule is Cc1noc(C)c1C(C)NS(=O)(=O)c1cc(CO)oc1C. The van der Waals surface area contributed by atoms with Crippen LogP contribution in [-0.2, 0) is 16.6 Å². The van der Waals surface area contributed by atoms with Gasteiger partial charge in [-0.2, -0.15) is 0 Å². The molecule has 2 heterocycles. The molecule has 0 aliphatic heterocycles. The molecule has 0 radical (unpaired) electrons. The first-order valence-electron chi connectivity index (χ1n) is 6.41. The van der Waals surface area contributed by atoms with Gasteiger partial charge >= 0.3 is 0 Å². The Balaban J connectivity index is 2.31. The van der Waals surface area contributed by atoms with E-state index < -0.39 is 16.1 Å². The van der Waals surface area contributed by atoms with Crippen LogP contribution in [0.25, 0.3) is 0 Å². The Morgan fingerprint density at radius 3 is 2.48 bits per heavy atom. The summed E-state index contributed by atoms with van der Waals surface area (Å²) < 4.78 is 37.6. The molecule has 1 atom stereocenters. The van der Waals surface area contributed by atoms with Crippen molar-refractivity contribution in [1.29, 1.82) is 0 Å². The maximum absolute atomic E-state index is 12.4. The van der Waals surface area contributed by atoms with Crippen molar-refractivity contribution in [2.75, 3.05) is 0 Å². The average Bonchev–Trinajstić information content (AvgIpc) is 2.92. The van der Waals surface area contributed by atoms with Gasteiger partial charge in [-0.3, -0.25) is 0 Å². The van der Waals surface area contributed by atoms with E-state index in [1.807, 2.05) is 0 Å². The summed E-state index contributed by atoms with van der Waals surface area (Å²) in [7, 11) is -3.76. The second-order valence-corrected chi connectivity index (χ2v) is 6.55. The van der Waals surface area contributed by atoms with E-state index in [2.05, 4.69) is 9.88 Å². The van der Waals surface area contributed by atoms with Gasteiger partial charge in [0.15, 0.2) is 0 Å². The minimum atomic E-state index is -3.76. The van der Waals surface area contributed by atoms with Crippen molar-refractivity contribution in [2.45, 2.75) is 45.2 Å². The number of aryl methyl sites for hydroxylation is 3. The van der Waals surface area contributed by atoms with Crippen LogP contribution >= 0.6 is 0 Å². The molecule has 0 aromatic carbocycles. The summed E-state index contributed by atoms with van der Waals surface area (Å²) in [5.74, 6) is 1.01. The van der Waals surface area contributed by atoms with E-state index in [-0.39, 0.29) is 23.0 Å². The van der Waals surface area contributed by atoms with Crippen molar-refractivity contribution in [3.63, 3.8) is 0 Å². The van der Waals surface area contributed by atoms with Crippen LogP contribution in [0, 0.1) is 20.8 Å². The summed E-state index contributed by atoms with van der Waals surface area (Å²) in [5, 5.41) is 12.8. The Morgan fingerprint density at radius 2 is 2.00 bits per heavy atom. The van der Waals surface area contributed by atoms with Crippen LogP contribution in [-0.4, -0.2) is 18.7 Å². The third-order valence-electron chi connectivity index (χ3n) is 3.22. The Labute approximate surface area is 123 Å². The fourth-order valence-electron chi connectivity index (χ4n) is 2.33. The molecule has 0 aliphatic rings. The number of sulfonamides is 1. The summed E-state index contributed by atoms with van der Waals surface area (Å²) in [4.78, 5) is 0.0187. The molecule has 2 rings (SSSR count). The van der Waals surface area contributed by atoms with Crippen LogP contribution in [0.15, 0.2) is 19.9 Å². The first-order valence-corrected chi connectivity index (χ1v) is 7.90. The molecule has 8 heteroatoms. The Bertz CT molecular complexity index is 725. The van der Waals surface area contributed by atoms with E-state index in [1.165, 1.54) is 13.0 Å². The first-order chi connectivity index (χ1) is 9.76. The first kappa shape index (κ1) is 15.7. The minimum absolute atomic E-state index is 0.0187. The maximum Gasteiger partial charge on any atom is 0.244 e. The fourth-order valence-corrected chi connectivity index (χ4v) is 3.75. The molecule has 1 unspecified atom stereocenters. The van der Waals surface area contributed by atoms with Gasteiger partial charge in [-0.15, -0.1) is 0 Å². The van der Waals surface area contributed by atoms with Gasteiger partial charge in [0.05, 0.1) is 5.69 Å². The van der Waals surface area contributed by atoms with E-state index in [0.29, 0.717) is 17.0 Å². The van der Waals surface area contributed by atoms with Gasteiger partial charge in [-0.05, 0) is 27.7 Å². The van der Waals surface area contributed by atoms with Gasteiger partial charge in [-0.25, -0.2) is 13.1 Å². The molecule has 2 N–H and O–H groups in total. The molecule has 116 valence electrons. The van der Waals surface area contributed by atoms with Crippen LogP contribution in [0.1, 0.15) is 41.5 Å². The van der Waals surface area contributed by atoms with Gasteiger partial charge in [0.25, 0.3) is 0 Å². The molecule has 21 heavy (non-hydrogen) atoms. The van der Waals surface area contributed by atoms with E-state index in [9.17, 15) is 8.42 Å². The fraction of sp³-hybridized carbons (Fsp3) is 0.462. The molecule has 0 fully saturated rings. The van der Waals surface area contributed by atoms with Crippen molar-refractivity contribution < 1.29 is 22.5 Å². The molecule has 0 bridgehead atoms. The van der Waals surface area contributed by atoms with E-state index >= 15 is 0 Å². The third kappa shape index (κ3) is 3.02. The molecule has 2 aromatic rings. The van der Waals surface area contributed by atoms with Crippen molar-refractivity contribution in [3.05, 3.63) is 34.6 Å². The minimum Gasteiger partial charge on any atom is -0.462 e. The van der Waals surface area contributed by atoms with Crippen molar-refractivity contribution in [2.24, 2.45) is 0 Å². The Kier molecular flexibility index (Phi) is 4.22.